The fourth-order valence-corrected chi connectivity index (χ4v) is 2.38. The summed E-state index contributed by atoms with van der Waals surface area (Å²) in [6.45, 7) is 5.96. The molecule has 3 heteroatoms. The maximum atomic E-state index is 5.98. The van der Waals surface area contributed by atoms with Crippen molar-refractivity contribution in [2.45, 2.75) is 38.6 Å². The van der Waals surface area contributed by atoms with Gasteiger partial charge in [0.25, 0.3) is 0 Å². The van der Waals surface area contributed by atoms with Crippen molar-refractivity contribution in [2.75, 3.05) is 32.2 Å². The van der Waals surface area contributed by atoms with E-state index in [1.165, 1.54) is 32.2 Å². The first-order chi connectivity index (χ1) is 6.88. The lowest BCUT2D eigenvalue weighted by molar-refractivity contribution is 0.0995. The third-order valence-corrected chi connectivity index (χ3v) is 3.26. The van der Waals surface area contributed by atoms with Gasteiger partial charge in [-0.1, -0.05) is 12.8 Å². The Hall–Kier alpha value is 0.210. The molecule has 0 aromatic heterocycles. The minimum absolute atomic E-state index is 0.583. The highest BCUT2D eigenvalue weighted by Crippen LogP contribution is 2.17. The standard InChI is InChI=1S/C11H22ClNO/c1-2-14-9-8-13-7-5-3-4-6-11(13)10-12/h11H,2-10H2,1H3. The molecular weight excluding hydrogens is 198 g/mol. The minimum Gasteiger partial charge on any atom is -0.380 e. The van der Waals surface area contributed by atoms with Crippen molar-refractivity contribution in [1.82, 2.24) is 4.90 Å². The minimum atomic E-state index is 0.583. The van der Waals surface area contributed by atoms with E-state index in [1.54, 1.807) is 0 Å². The molecular formula is C11H22ClNO. The molecule has 1 aliphatic heterocycles. The molecule has 1 heterocycles. The van der Waals surface area contributed by atoms with Gasteiger partial charge in [0.1, 0.15) is 0 Å². The van der Waals surface area contributed by atoms with Gasteiger partial charge in [0.15, 0.2) is 0 Å². The van der Waals surface area contributed by atoms with E-state index < -0.39 is 0 Å². The summed E-state index contributed by atoms with van der Waals surface area (Å²) in [5.41, 5.74) is 0. The van der Waals surface area contributed by atoms with Crippen molar-refractivity contribution in [3.8, 4) is 0 Å². The summed E-state index contributed by atoms with van der Waals surface area (Å²) in [4.78, 5) is 2.50. The predicted octanol–water partition coefficient (Wildman–Crippen LogP) is 2.51. The van der Waals surface area contributed by atoms with E-state index >= 15 is 0 Å². The summed E-state index contributed by atoms with van der Waals surface area (Å²) in [6, 6.07) is 0.583. The van der Waals surface area contributed by atoms with Crippen LogP contribution in [0.3, 0.4) is 0 Å². The molecule has 0 aromatic carbocycles. The van der Waals surface area contributed by atoms with E-state index in [1.807, 2.05) is 6.92 Å². The van der Waals surface area contributed by atoms with Crippen molar-refractivity contribution in [2.24, 2.45) is 0 Å². The Morgan fingerprint density at radius 3 is 2.93 bits per heavy atom. The van der Waals surface area contributed by atoms with Gasteiger partial charge < -0.3 is 4.74 Å². The number of likely N-dealkylation sites (tertiary alicyclic amines) is 1. The van der Waals surface area contributed by atoms with Crippen LogP contribution in [0.5, 0.6) is 0 Å². The normalized spacial score (nSPS) is 24.9. The largest absolute Gasteiger partial charge is 0.380 e. The van der Waals surface area contributed by atoms with E-state index in [2.05, 4.69) is 4.90 Å². The van der Waals surface area contributed by atoms with E-state index in [9.17, 15) is 0 Å². The number of rotatable bonds is 5. The molecule has 0 amide bonds. The first-order valence-electron chi connectivity index (χ1n) is 5.76. The third kappa shape index (κ3) is 4.16. The molecule has 0 radical (unpaired) electrons. The van der Waals surface area contributed by atoms with Crippen molar-refractivity contribution >= 4 is 11.6 Å². The van der Waals surface area contributed by atoms with Crippen LogP contribution in [-0.4, -0.2) is 43.1 Å². The van der Waals surface area contributed by atoms with Crippen molar-refractivity contribution in [1.29, 1.82) is 0 Å². The number of ether oxygens (including phenoxy) is 1. The van der Waals surface area contributed by atoms with Crippen molar-refractivity contribution in [3.05, 3.63) is 0 Å². The maximum absolute atomic E-state index is 5.98. The molecule has 0 saturated carbocycles. The molecule has 0 N–H and O–H groups in total. The quantitative estimate of drug-likeness (QED) is 0.521. The zero-order valence-corrected chi connectivity index (χ0v) is 9.93. The van der Waals surface area contributed by atoms with Crippen LogP contribution in [0.15, 0.2) is 0 Å². The summed E-state index contributed by atoms with van der Waals surface area (Å²) in [6.07, 6.45) is 5.27. The Labute approximate surface area is 92.6 Å². The summed E-state index contributed by atoms with van der Waals surface area (Å²) in [5, 5.41) is 0. The first-order valence-corrected chi connectivity index (χ1v) is 6.29. The second-order valence-electron chi connectivity index (χ2n) is 3.89. The lowest BCUT2D eigenvalue weighted by Crippen LogP contribution is -2.38. The van der Waals surface area contributed by atoms with Crippen LogP contribution in [0.4, 0.5) is 0 Å². The molecule has 0 aromatic rings. The van der Waals surface area contributed by atoms with Crippen LogP contribution in [0, 0.1) is 0 Å². The second-order valence-corrected chi connectivity index (χ2v) is 4.20. The van der Waals surface area contributed by atoms with Gasteiger partial charge in [-0.2, -0.15) is 0 Å². The van der Waals surface area contributed by atoms with Gasteiger partial charge in [-0.15, -0.1) is 11.6 Å². The van der Waals surface area contributed by atoms with Crippen LogP contribution >= 0.6 is 11.6 Å². The van der Waals surface area contributed by atoms with Crippen molar-refractivity contribution in [3.63, 3.8) is 0 Å². The van der Waals surface area contributed by atoms with Gasteiger partial charge in [-0.05, 0) is 26.3 Å². The Bertz CT molecular complexity index is 143. The molecule has 1 unspecified atom stereocenters. The molecule has 2 nitrogen and oxygen atoms in total. The number of nitrogens with zero attached hydrogens (tertiary/aromatic N) is 1. The van der Waals surface area contributed by atoms with Crippen LogP contribution in [0.1, 0.15) is 32.6 Å². The molecule has 1 rings (SSSR count). The average Bonchev–Trinajstić information content (AvgIpc) is 2.43. The van der Waals surface area contributed by atoms with Crippen LogP contribution < -0.4 is 0 Å². The van der Waals surface area contributed by atoms with Crippen molar-refractivity contribution < 1.29 is 4.74 Å². The summed E-state index contributed by atoms with van der Waals surface area (Å²) in [5.74, 6) is 0.770. The molecule has 0 bridgehead atoms. The third-order valence-electron chi connectivity index (χ3n) is 2.90. The lowest BCUT2D eigenvalue weighted by Gasteiger charge is -2.27. The van der Waals surface area contributed by atoms with E-state index in [0.29, 0.717) is 6.04 Å². The van der Waals surface area contributed by atoms with Gasteiger partial charge in [0, 0.05) is 25.1 Å². The van der Waals surface area contributed by atoms with Crippen LogP contribution in [0.25, 0.3) is 0 Å². The lowest BCUT2D eigenvalue weighted by atomic mass is 10.1. The molecule has 84 valence electrons. The number of hydrogen-bond acceptors (Lipinski definition) is 2. The van der Waals surface area contributed by atoms with Gasteiger partial charge in [0.05, 0.1) is 6.61 Å². The maximum Gasteiger partial charge on any atom is 0.0593 e. The highest BCUT2D eigenvalue weighted by atomic mass is 35.5. The van der Waals surface area contributed by atoms with E-state index in [4.69, 9.17) is 16.3 Å². The monoisotopic (exact) mass is 219 g/mol. The van der Waals surface area contributed by atoms with Crippen LogP contribution in [-0.2, 0) is 4.74 Å². The van der Waals surface area contributed by atoms with Gasteiger partial charge in [-0.25, -0.2) is 0 Å². The highest BCUT2D eigenvalue weighted by molar-refractivity contribution is 6.18. The fourth-order valence-electron chi connectivity index (χ4n) is 2.03. The molecule has 1 aliphatic rings. The molecule has 0 aliphatic carbocycles. The Morgan fingerprint density at radius 1 is 1.36 bits per heavy atom. The number of hydrogen-bond donors (Lipinski definition) is 0. The first kappa shape index (κ1) is 12.3. The van der Waals surface area contributed by atoms with Crippen LogP contribution in [0.2, 0.25) is 0 Å². The van der Waals surface area contributed by atoms with E-state index in [-0.39, 0.29) is 0 Å². The van der Waals surface area contributed by atoms with E-state index in [0.717, 1.165) is 25.6 Å². The zero-order valence-electron chi connectivity index (χ0n) is 9.17. The smallest absolute Gasteiger partial charge is 0.0593 e. The average molecular weight is 220 g/mol. The summed E-state index contributed by atoms with van der Waals surface area (Å²) in [7, 11) is 0. The zero-order chi connectivity index (χ0) is 10.2. The topological polar surface area (TPSA) is 12.5 Å². The fraction of sp³-hybridized carbons (Fsp3) is 1.00. The second kappa shape index (κ2) is 7.49. The number of halogens is 1. The Balaban J connectivity index is 2.28. The predicted molar refractivity (Wildman–Crippen MR) is 61.0 cm³/mol. The van der Waals surface area contributed by atoms with Gasteiger partial charge in [-0.3, -0.25) is 4.90 Å². The van der Waals surface area contributed by atoms with Gasteiger partial charge in [0.2, 0.25) is 0 Å². The Morgan fingerprint density at radius 2 is 2.21 bits per heavy atom. The molecule has 1 saturated heterocycles. The Kier molecular flexibility index (Phi) is 6.57. The van der Waals surface area contributed by atoms with Gasteiger partial charge >= 0.3 is 0 Å². The molecule has 0 spiro atoms. The summed E-state index contributed by atoms with van der Waals surface area (Å²) < 4.78 is 5.39. The molecule has 1 fully saturated rings. The SMILES string of the molecule is CCOCCN1CCCCCC1CCl. The highest BCUT2D eigenvalue weighted by Gasteiger charge is 2.19. The summed E-state index contributed by atoms with van der Waals surface area (Å²) >= 11 is 5.98. The molecule has 1 atom stereocenters. The molecule has 14 heavy (non-hydrogen) atoms. The number of alkyl halides is 1.